The molecule has 0 heterocycles. The summed E-state index contributed by atoms with van der Waals surface area (Å²) >= 11 is 0. The van der Waals surface area contributed by atoms with E-state index in [-0.39, 0.29) is 18.5 Å². The molecule has 69 heavy (non-hydrogen) atoms. The lowest BCUT2D eigenvalue weighted by molar-refractivity contribution is -0.143. The molecule has 0 aromatic heterocycles. The van der Waals surface area contributed by atoms with Gasteiger partial charge in [-0.05, 0) is 51.4 Å². The number of carbonyl (C=O) groups is 2. The summed E-state index contributed by atoms with van der Waals surface area (Å²) in [6.45, 7) is 4.97. The highest BCUT2D eigenvalue weighted by Gasteiger charge is 2.20. The van der Waals surface area contributed by atoms with Gasteiger partial charge in [0.15, 0.2) is 0 Å². The Morgan fingerprint density at radius 2 is 0.681 bits per heavy atom. The van der Waals surface area contributed by atoms with Crippen molar-refractivity contribution < 1.29 is 24.5 Å². The first-order valence-corrected chi connectivity index (χ1v) is 31.4. The fourth-order valence-electron chi connectivity index (χ4n) is 9.99. The highest BCUT2D eigenvalue weighted by molar-refractivity contribution is 5.76. The third kappa shape index (κ3) is 55.8. The highest BCUT2D eigenvalue weighted by Crippen LogP contribution is 2.18. The van der Waals surface area contributed by atoms with Crippen molar-refractivity contribution in [2.24, 2.45) is 0 Å². The lowest BCUT2D eigenvalue weighted by atomic mass is 10.0. The SMILES string of the molecule is CCCCCCCCC/C=C\CCCCCCCCCC(=O)OCCCCCCCCCCCCCCCCCCCCCCC(=O)NC(CO)C(O)CCCCCCCCCCCCCCCC. The number of unbranched alkanes of at least 4 members (excludes halogenated alkanes) is 46. The number of nitrogens with one attached hydrogen (secondary N) is 1. The molecule has 0 aliphatic carbocycles. The van der Waals surface area contributed by atoms with Crippen LogP contribution in [0.4, 0.5) is 0 Å². The molecule has 0 radical (unpaired) electrons. The highest BCUT2D eigenvalue weighted by atomic mass is 16.5. The fourth-order valence-corrected chi connectivity index (χ4v) is 9.99. The van der Waals surface area contributed by atoms with E-state index in [1.807, 2.05) is 0 Å². The van der Waals surface area contributed by atoms with Crippen molar-refractivity contribution in [1.82, 2.24) is 5.32 Å². The van der Waals surface area contributed by atoms with Crippen molar-refractivity contribution in [3.05, 3.63) is 12.2 Å². The third-order valence-corrected chi connectivity index (χ3v) is 14.8. The average molecular weight is 975 g/mol. The van der Waals surface area contributed by atoms with E-state index in [9.17, 15) is 19.8 Å². The molecule has 0 aliphatic heterocycles. The van der Waals surface area contributed by atoms with Crippen molar-refractivity contribution in [2.75, 3.05) is 13.2 Å². The lowest BCUT2D eigenvalue weighted by Crippen LogP contribution is -2.45. The Hall–Kier alpha value is -1.40. The van der Waals surface area contributed by atoms with E-state index in [0.29, 0.717) is 25.9 Å². The largest absolute Gasteiger partial charge is 0.466 e. The van der Waals surface area contributed by atoms with E-state index < -0.39 is 12.1 Å². The predicted molar refractivity (Wildman–Crippen MR) is 301 cm³/mol. The van der Waals surface area contributed by atoms with Crippen LogP contribution in [0, 0.1) is 0 Å². The molecule has 0 spiro atoms. The smallest absolute Gasteiger partial charge is 0.305 e. The zero-order valence-corrected chi connectivity index (χ0v) is 46.8. The number of carbonyl (C=O) groups excluding carboxylic acids is 2. The minimum absolute atomic E-state index is 0.00853. The molecule has 0 fully saturated rings. The van der Waals surface area contributed by atoms with Gasteiger partial charge in [0.25, 0.3) is 0 Å². The Morgan fingerprint density at radius 3 is 1.03 bits per heavy atom. The van der Waals surface area contributed by atoms with Gasteiger partial charge in [0, 0.05) is 12.8 Å². The Labute approximate surface area is 431 Å². The van der Waals surface area contributed by atoms with E-state index in [0.717, 1.165) is 44.9 Å². The molecule has 0 saturated heterocycles. The normalized spacial score (nSPS) is 12.6. The van der Waals surface area contributed by atoms with Gasteiger partial charge in [0.1, 0.15) is 0 Å². The third-order valence-electron chi connectivity index (χ3n) is 14.8. The van der Waals surface area contributed by atoms with Crippen LogP contribution < -0.4 is 5.32 Å². The molecule has 2 unspecified atom stereocenters. The first-order valence-electron chi connectivity index (χ1n) is 31.4. The minimum Gasteiger partial charge on any atom is -0.466 e. The van der Waals surface area contributed by atoms with Crippen LogP contribution in [0.1, 0.15) is 354 Å². The summed E-state index contributed by atoms with van der Waals surface area (Å²) in [6.07, 6.45) is 70.8. The molecule has 0 rings (SSSR count). The lowest BCUT2D eigenvalue weighted by Gasteiger charge is -2.22. The van der Waals surface area contributed by atoms with Gasteiger partial charge < -0.3 is 20.3 Å². The van der Waals surface area contributed by atoms with E-state index in [1.54, 1.807) is 0 Å². The van der Waals surface area contributed by atoms with Crippen LogP contribution in [0.25, 0.3) is 0 Å². The van der Waals surface area contributed by atoms with Gasteiger partial charge in [-0.25, -0.2) is 0 Å². The molecule has 0 aliphatic rings. The van der Waals surface area contributed by atoms with Gasteiger partial charge in [0.2, 0.25) is 5.91 Å². The summed E-state index contributed by atoms with van der Waals surface area (Å²) in [5.74, 6) is -0.0262. The van der Waals surface area contributed by atoms with Gasteiger partial charge in [-0.1, -0.05) is 302 Å². The van der Waals surface area contributed by atoms with Crippen molar-refractivity contribution in [3.8, 4) is 0 Å². The van der Waals surface area contributed by atoms with Crippen LogP contribution in [-0.2, 0) is 14.3 Å². The van der Waals surface area contributed by atoms with Crippen LogP contribution in [0.15, 0.2) is 12.2 Å². The number of amides is 1. The van der Waals surface area contributed by atoms with Crippen LogP contribution in [0.2, 0.25) is 0 Å². The summed E-state index contributed by atoms with van der Waals surface area (Å²) < 4.78 is 5.50. The number of rotatable bonds is 59. The Morgan fingerprint density at radius 1 is 0.391 bits per heavy atom. The van der Waals surface area contributed by atoms with E-state index in [1.165, 1.54) is 276 Å². The molecular weight excluding hydrogens is 851 g/mol. The number of allylic oxidation sites excluding steroid dienone is 2. The second kappa shape index (κ2) is 59.2. The van der Waals surface area contributed by atoms with E-state index >= 15 is 0 Å². The second-order valence-corrected chi connectivity index (χ2v) is 21.7. The Bertz CT molecular complexity index is 1030. The maximum Gasteiger partial charge on any atom is 0.305 e. The standard InChI is InChI=1S/C63H123NO5/c1-3-5-7-9-11-13-15-17-19-20-26-29-33-37-41-45-49-53-57-63(68)69-58-54-50-46-42-38-34-30-27-24-22-21-23-25-28-32-36-40-44-48-52-56-62(67)64-60(59-65)61(66)55-51-47-43-39-35-31-18-16-14-12-10-8-6-4-2/h19-20,60-61,65-66H,3-18,21-59H2,1-2H3,(H,64,67)/b20-19-. The quantitative estimate of drug-likeness (QED) is 0.0321. The zero-order valence-electron chi connectivity index (χ0n) is 46.8. The van der Waals surface area contributed by atoms with Gasteiger partial charge in [-0.15, -0.1) is 0 Å². The molecule has 1 amide bonds. The van der Waals surface area contributed by atoms with Crippen molar-refractivity contribution >= 4 is 11.9 Å². The molecular formula is C63H123NO5. The maximum absolute atomic E-state index is 12.5. The molecule has 6 heteroatoms. The zero-order chi connectivity index (χ0) is 50.0. The predicted octanol–water partition coefficient (Wildman–Crippen LogP) is 19.6. The molecule has 0 aromatic rings. The van der Waals surface area contributed by atoms with Crippen LogP contribution >= 0.6 is 0 Å². The molecule has 0 bridgehead atoms. The fraction of sp³-hybridized carbons (Fsp3) is 0.937. The van der Waals surface area contributed by atoms with Crippen LogP contribution in [-0.4, -0.2) is 47.4 Å². The Kier molecular flexibility index (Phi) is 58.0. The molecule has 0 aromatic carbocycles. The van der Waals surface area contributed by atoms with E-state index in [2.05, 4.69) is 31.3 Å². The monoisotopic (exact) mass is 974 g/mol. The van der Waals surface area contributed by atoms with Gasteiger partial charge in [0.05, 0.1) is 25.4 Å². The number of esters is 1. The summed E-state index contributed by atoms with van der Waals surface area (Å²) in [7, 11) is 0. The number of ether oxygens (including phenoxy) is 1. The van der Waals surface area contributed by atoms with Gasteiger partial charge >= 0.3 is 5.97 Å². The molecule has 6 nitrogen and oxygen atoms in total. The average Bonchev–Trinajstić information content (AvgIpc) is 3.35. The van der Waals surface area contributed by atoms with E-state index in [4.69, 9.17) is 4.74 Å². The maximum atomic E-state index is 12.5. The first-order chi connectivity index (χ1) is 34.0. The van der Waals surface area contributed by atoms with Gasteiger partial charge in [-0.2, -0.15) is 0 Å². The number of hydrogen-bond donors (Lipinski definition) is 3. The number of aliphatic hydroxyl groups is 2. The topological polar surface area (TPSA) is 95.9 Å². The van der Waals surface area contributed by atoms with Crippen molar-refractivity contribution in [2.45, 2.75) is 366 Å². The van der Waals surface area contributed by atoms with Crippen molar-refractivity contribution in [3.63, 3.8) is 0 Å². The van der Waals surface area contributed by atoms with Gasteiger partial charge in [-0.3, -0.25) is 9.59 Å². The Balaban J connectivity index is 3.37. The summed E-state index contributed by atoms with van der Waals surface area (Å²) in [5, 5.41) is 23.3. The molecule has 2 atom stereocenters. The summed E-state index contributed by atoms with van der Waals surface area (Å²) in [5.41, 5.74) is 0. The molecule has 3 N–H and O–H groups in total. The second-order valence-electron chi connectivity index (χ2n) is 21.7. The molecule has 0 saturated carbocycles. The molecule has 410 valence electrons. The van der Waals surface area contributed by atoms with Crippen molar-refractivity contribution in [1.29, 1.82) is 0 Å². The minimum atomic E-state index is -0.664. The first kappa shape index (κ1) is 67.6. The van der Waals surface area contributed by atoms with Crippen LogP contribution in [0.3, 0.4) is 0 Å². The number of aliphatic hydroxyl groups excluding tert-OH is 2. The summed E-state index contributed by atoms with van der Waals surface area (Å²) in [6, 6.07) is -0.542. The summed E-state index contributed by atoms with van der Waals surface area (Å²) in [4.78, 5) is 24.6. The number of hydrogen-bond acceptors (Lipinski definition) is 5. The van der Waals surface area contributed by atoms with Crippen LogP contribution in [0.5, 0.6) is 0 Å².